The van der Waals surface area contributed by atoms with Gasteiger partial charge >= 0.3 is 0 Å². The molecular weight excluding hydrogens is 512 g/mol. The van der Waals surface area contributed by atoms with Crippen LogP contribution in [0.1, 0.15) is 78.4 Å². The van der Waals surface area contributed by atoms with Gasteiger partial charge in [0.2, 0.25) is 0 Å². The SMILES string of the molecule is C=CC/C=C/C/C=C/CCCCCCCc1ccc2c(c1)OCN(CCN1COc3c(cc(C=O)cc3OC)C1)C2. The molecule has 41 heavy (non-hydrogen) atoms. The van der Waals surface area contributed by atoms with Crippen LogP contribution in [0.5, 0.6) is 17.2 Å². The highest BCUT2D eigenvalue weighted by atomic mass is 16.5. The zero-order valence-corrected chi connectivity index (χ0v) is 24.7. The first kappa shape index (κ1) is 30.6. The van der Waals surface area contributed by atoms with Crippen LogP contribution in [-0.4, -0.2) is 49.7 Å². The lowest BCUT2D eigenvalue weighted by atomic mass is 10.0. The monoisotopic (exact) mass is 558 g/mol. The van der Waals surface area contributed by atoms with Crippen molar-refractivity contribution in [2.75, 3.05) is 33.7 Å². The Morgan fingerprint density at radius 1 is 0.854 bits per heavy atom. The number of benzene rings is 2. The summed E-state index contributed by atoms with van der Waals surface area (Å²) in [5, 5.41) is 0. The van der Waals surface area contributed by atoms with Crippen molar-refractivity contribution in [3.63, 3.8) is 0 Å². The number of fused-ring (bicyclic) bond motifs is 2. The smallest absolute Gasteiger partial charge is 0.167 e. The maximum absolute atomic E-state index is 11.3. The summed E-state index contributed by atoms with van der Waals surface area (Å²) < 4.78 is 17.6. The summed E-state index contributed by atoms with van der Waals surface area (Å²) in [5.41, 5.74) is 4.22. The topological polar surface area (TPSA) is 51.2 Å². The molecule has 0 aromatic heterocycles. The number of carbonyl (C=O) groups is 1. The maximum atomic E-state index is 11.3. The summed E-state index contributed by atoms with van der Waals surface area (Å²) in [6.07, 6.45) is 22.4. The lowest BCUT2D eigenvalue weighted by Crippen LogP contribution is -2.41. The summed E-state index contributed by atoms with van der Waals surface area (Å²) >= 11 is 0. The van der Waals surface area contributed by atoms with Crippen molar-refractivity contribution in [3.05, 3.63) is 89.5 Å². The number of aldehydes is 1. The van der Waals surface area contributed by atoms with Gasteiger partial charge in [-0.2, -0.15) is 0 Å². The first-order chi connectivity index (χ1) is 20.2. The molecule has 0 N–H and O–H groups in total. The van der Waals surface area contributed by atoms with Crippen LogP contribution < -0.4 is 14.2 Å². The number of allylic oxidation sites excluding steroid dienone is 5. The van der Waals surface area contributed by atoms with Crippen molar-refractivity contribution in [1.29, 1.82) is 0 Å². The van der Waals surface area contributed by atoms with Crippen LogP contribution in [0.25, 0.3) is 0 Å². The van der Waals surface area contributed by atoms with Crippen LogP contribution in [0.3, 0.4) is 0 Å². The molecule has 4 rings (SSSR count). The van der Waals surface area contributed by atoms with Gasteiger partial charge in [0.05, 0.1) is 7.11 Å². The number of rotatable bonds is 17. The van der Waals surface area contributed by atoms with Gasteiger partial charge < -0.3 is 14.2 Å². The zero-order valence-electron chi connectivity index (χ0n) is 24.7. The van der Waals surface area contributed by atoms with E-state index < -0.39 is 0 Å². The van der Waals surface area contributed by atoms with Crippen molar-refractivity contribution in [3.8, 4) is 17.2 Å². The van der Waals surface area contributed by atoms with Gasteiger partial charge in [-0.1, -0.05) is 61.8 Å². The number of hydrogen-bond acceptors (Lipinski definition) is 6. The molecule has 0 bridgehead atoms. The molecule has 0 radical (unpaired) electrons. The van der Waals surface area contributed by atoms with Crippen molar-refractivity contribution in [2.24, 2.45) is 0 Å². The average molecular weight is 559 g/mol. The number of carbonyl (C=O) groups excluding carboxylic acids is 1. The highest BCUT2D eigenvalue weighted by molar-refractivity contribution is 5.77. The fourth-order valence-electron chi connectivity index (χ4n) is 5.37. The van der Waals surface area contributed by atoms with E-state index in [1.54, 1.807) is 13.2 Å². The second-order valence-electron chi connectivity index (χ2n) is 10.9. The molecule has 6 nitrogen and oxygen atoms in total. The van der Waals surface area contributed by atoms with Gasteiger partial charge in [0, 0.05) is 42.9 Å². The lowest BCUT2D eigenvalue weighted by Gasteiger charge is -2.33. The molecule has 0 saturated carbocycles. The van der Waals surface area contributed by atoms with E-state index in [-0.39, 0.29) is 0 Å². The van der Waals surface area contributed by atoms with Crippen molar-refractivity contribution in [2.45, 2.75) is 70.9 Å². The second kappa shape index (κ2) is 16.8. The first-order valence-corrected chi connectivity index (χ1v) is 15.1. The van der Waals surface area contributed by atoms with E-state index in [4.69, 9.17) is 14.2 Å². The van der Waals surface area contributed by atoms with Crippen LogP contribution in [0.2, 0.25) is 0 Å². The molecule has 2 aromatic rings. The number of ether oxygens (including phenoxy) is 3. The Morgan fingerprint density at radius 3 is 2.39 bits per heavy atom. The number of unbranched alkanes of at least 4 members (excludes halogenated alkanes) is 5. The molecule has 0 spiro atoms. The summed E-state index contributed by atoms with van der Waals surface area (Å²) in [5.74, 6) is 2.40. The van der Waals surface area contributed by atoms with Gasteiger partial charge in [-0.05, 0) is 62.3 Å². The summed E-state index contributed by atoms with van der Waals surface area (Å²) in [7, 11) is 1.60. The molecule has 0 amide bonds. The minimum atomic E-state index is 0.504. The molecule has 6 heteroatoms. The molecule has 2 aliphatic rings. The van der Waals surface area contributed by atoms with E-state index in [1.807, 2.05) is 12.1 Å². The van der Waals surface area contributed by atoms with Gasteiger partial charge in [-0.15, -0.1) is 6.58 Å². The van der Waals surface area contributed by atoms with Gasteiger partial charge in [-0.25, -0.2) is 0 Å². The second-order valence-corrected chi connectivity index (χ2v) is 10.9. The van der Waals surface area contributed by atoms with Crippen LogP contribution in [0.4, 0.5) is 0 Å². The molecule has 0 aliphatic carbocycles. The Kier molecular flexibility index (Phi) is 12.5. The Morgan fingerprint density at radius 2 is 1.59 bits per heavy atom. The average Bonchev–Trinajstić information content (AvgIpc) is 3.01. The third-order valence-electron chi connectivity index (χ3n) is 7.70. The molecule has 220 valence electrons. The molecule has 2 heterocycles. The molecule has 0 unspecified atom stereocenters. The van der Waals surface area contributed by atoms with E-state index in [2.05, 4.69) is 58.9 Å². The van der Waals surface area contributed by atoms with E-state index in [9.17, 15) is 4.79 Å². The van der Waals surface area contributed by atoms with Crippen molar-refractivity contribution in [1.82, 2.24) is 9.80 Å². The molecular formula is C35H46N2O4. The third kappa shape index (κ3) is 9.61. The van der Waals surface area contributed by atoms with E-state index in [0.29, 0.717) is 24.8 Å². The fraction of sp³-hybridized carbons (Fsp3) is 0.457. The molecule has 2 aromatic carbocycles. The molecule has 0 saturated heterocycles. The van der Waals surface area contributed by atoms with Crippen molar-refractivity contribution >= 4 is 6.29 Å². The summed E-state index contributed by atoms with van der Waals surface area (Å²) in [4.78, 5) is 15.9. The number of aryl methyl sites for hydroxylation is 1. The van der Waals surface area contributed by atoms with Gasteiger partial charge in [0.15, 0.2) is 11.5 Å². The van der Waals surface area contributed by atoms with Crippen LogP contribution in [0.15, 0.2) is 67.3 Å². The highest BCUT2D eigenvalue weighted by Crippen LogP contribution is 2.36. The Labute approximate surface area is 246 Å². The quantitative estimate of drug-likeness (QED) is 0.114. The zero-order chi connectivity index (χ0) is 28.7. The minimum absolute atomic E-state index is 0.504. The van der Waals surface area contributed by atoms with Crippen molar-refractivity contribution < 1.29 is 19.0 Å². The van der Waals surface area contributed by atoms with Crippen LogP contribution in [-0.2, 0) is 19.5 Å². The Bertz CT molecular complexity index is 1190. The number of methoxy groups -OCH3 is 1. The Balaban J connectivity index is 1.12. The third-order valence-corrected chi connectivity index (χ3v) is 7.70. The van der Waals surface area contributed by atoms with Gasteiger partial charge in [0.1, 0.15) is 25.5 Å². The summed E-state index contributed by atoms with van der Waals surface area (Å²) in [6, 6.07) is 10.4. The van der Waals surface area contributed by atoms with Gasteiger partial charge in [-0.3, -0.25) is 14.6 Å². The normalized spacial score (nSPS) is 15.3. The first-order valence-electron chi connectivity index (χ1n) is 15.1. The lowest BCUT2D eigenvalue weighted by molar-refractivity contribution is 0.0509. The molecule has 0 fully saturated rings. The van der Waals surface area contributed by atoms with E-state index in [0.717, 1.165) is 68.8 Å². The van der Waals surface area contributed by atoms with Gasteiger partial charge in [0.25, 0.3) is 0 Å². The van der Waals surface area contributed by atoms with E-state index >= 15 is 0 Å². The molecule has 2 aliphatic heterocycles. The standard InChI is InChI=1S/C35H46N2O4/c1-3-4-5-6-7-8-9-10-11-12-13-14-15-16-29-17-18-31-24-36(27-40-33(31)22-29)19-20-37-25-32-21-30(26-38)23-34(39-2)35(32)41-28-37/h3,5-6,8-9,17-18,21-23,26H,1,4,7,10-16,19-20,24-25,27-28H2,2H3/b6-5+,9-8+. The fourth-order valence-corrected chi connectivity index (χ4v) is 5.37. The Hall–Kier alpha value is -3.35. The van der Waals surface area contributed by atoms with E-state index in [1.165, 1.54) is 49.7 Å². The predicted molar refractivity (Wildman–Crippen MR) is 166 cm³/mol. The minimum Gasteiger partial charge on any atom is -0.493 e. The maximum Gasteiger partial charge on any atom is 0.167 e. The number of hydrogen-bond donors (Lipinski definition) is 0. The summed E-state index contributed by atoms with van der Waals surface area (Å²) in [6.45, 7) is 8.19. The van der Waals surface area contributed by atoms with Crippen LogP contribution in [0, 0.1) is 0 Å². The van der Waals surface area contributed by atoms with Crippen LogP contribution >= 0.6 is 0 Å². The highest BCUT2D eigenvalue weighted by Gasteiger charge is 2.23. The largest absolute Gasteiger partial charge is 0.493 e. The predicted octanol–water partition coefficient (Wildman–Crippen LogP) is 7.47. The molecule has 0 atom stereocenters. The number of nitrogens with zero attached hydrogens (tertiary/aromatic N) is 2.